The first-order valence-corrected chi connectivity index (χ1v) is 6.98. The van der Waals surface area contributed by atoms with E-state index < -0.39 is 0 Å². The van der Waals surface area contributed by atoms with Gasteiger partial charge in [0, 0.05) is 24.5 Å². The van der Waals surface area contributed by atoms with Crippen molar-refractivity contribution in [2.75, 3.05) is 12.9 Å². The van der Waals surface area contributed by atoms with Gasteiger partial charge in [-0.2, -0.15) is 0 Å². The molecule has 0 aromatic carbocycles. The lowest BCUT2D eigenvalue weighted by molar-refractivity contribution is -0.140. The van der Waals surface area contributed by atoms with Gasteiger partial charge in [-0.1, -0.05) is 19.9 Å². The Morgan fingerprint density at radius 3 is 2.83 bits per heavy atom. The van der Waals surface area contributed by atoms with Crippen LogP contribution in [0.15, 0.2) is 23.4 Å². The zero-order chi connectivity index (χ0) is 13.4. The first kappa shape index (κ1) is 15.0. The number of carbonyl (C=O) groups is 1. The third-order valence-corrected chi connectivity index (χ3v) is 3.24. The number of carbonyl (C=O) groups excluding carboxylic acids is 1. The lowest BCUT2D eigenvalue weighted by Gasteiger charge is -2.08. The molecule has 0 radical (unpaired) electrons. The van der Waals surface area contributed by atoms with Gasteiger partial charge >= 0.3 is 5.97 Å². The normalized spacial score (nSPS) is 10.7. The lowest BCUT2D eigenvalue weighted by Crippen LogP contribution is -2.21. The van der Waals surface area contributed by atoms with Gasteiger partial charge in [-0.05, 0) is 11.6 Å². The molecule has 0 bridgehead atoms. The second kappa shape index (κ2) is 8.11. The summed E-state index contributed by atoms with van der Waals surface area (Å²) in [6.45, 7) is 5.06. The quantitative estimate of drug-likeness (QED) is 0.607. The van der Waals surface area contributed by atoms with Gasteiger partial charge in [0.25, 0.3) is 0 Å². The van der Waals surface area contributed by atoms with Crippen molar-refractivity contribution in [3.8, 4) is 0 Å². The van der Waals surface area contributed by atoms with Gasteiger partial charge in [-0.3, -0.25) is 4.79 Å². The monoisotopic (exact) mass is 268 g/mol. The van der Waals surface area contributed by atoms with Crippen LogP contribution in [-0.2, 0) is 16.1 Å². The van der Waals surface area contributed by atoms with Crippen molar-refractivity contribution in [3.05, 3.63) is 23.9 Å². The van der Waals surface area contributed by atoms with Gasteiger partial charge < -0.3 is 10.1 Å². The molecule has 1 rings (SSSR count). The molecule has 0 fully saturated rings. The number of methoxy groups -OCH3 is 1. The number of rotatable bonds is 7. The standard InChI is InChI=1S/C13H20N2O2S/c1-10(2)14-8-11-4-5-12(15-9-11)18-7-6-13(16)17-3/h4-5,9-10,14H,6-8H2,1-3H3. The van der Waals surface area contributed by atoms with Crippen molar-refractivity contribution in [2.24, 2.45) is 0 Å². The number of thioether (sulfide) groups is 1. The predicted octanol–water partition coefficient (Wildman–Crippen LogP) is 2.23. The molecule has 0 aliphatic heterocycles. The van der Waals surface area contributed by atoms with E-state index >= 15 is 0 Å². The van der Waals surface area contributed by atoms with E-state index in [2.05, 4.69) is 35.0 Å². The van der Waals surface area contributed by atoms with Crippen LogP contribution in [0, 0.1) is 0 Å². The molecule has 0 spiro atoms. The van der Waals surface area contributed by atoms with Crippen molar-refractivity contribution in [2.45, 2.75) is 37.9 Å². The molecule has 0 saturated carbocycles. The van der Waals surface area contributed by atoms with Crippen molar-refractivity contribution in [3.63, 3.8) is 0 Å². The predicted molar refractivity (Wildman–Crippen MR) is 73.6 cm³/mol. The fourth-order valence-corrected chi connectivity index (χ4v) is 2.03. The van der Waals surface area contributed by atoms with Crippen molar-refractivity contribution in [1.82, 2.24) is 10.3 Å². The molecule has 18 heavy (non-hydrogen) atoms. The van der Waals surface area contributed by atoms with Gasteiger partial charge in [0.15, 0.2) is 0 Å². The molecule has 0 aliphatic rings. The van der Waals surface area contributed by atoms with E-state index in [1.54, 1.807) is 11.8 Å². The highest BCUT2D eigenvalue weighted by molar-refractivity contribution is 7.99. The second-order valence-corrected chi connectivity index (χ2v) is 5.33. The molecule has 0 atom stereocenters. The zero-order valence-electron chi connectivity index (χ0n) is 11.1. The maximum absolute atomic E-state index is 10.9. The van der Waals surface area contributed by atoms with E-state index in [9.17, 15) is 4.79 Å². The first-order valence-electron chi connectivity index (χ1n) is 5.99. The van der Waals surface area contributed by atoms with E-state index in [0.29, 0.717) is 18.2 Å². The summed E-state index contributed by atoms with van der Waals surface area (Å²) in [6.07, 6.45) is 2.29. The molecule has 5 heteroatoms. The van der Waals surface area contributed by atoms with Crippen LogP contribution in [0.25, 0.3) is 0 Å². The molecule has 0 saturated heterocycles. The summed E-state index contributed by atoms with van der Waals surface area (Å²) in [5, 5.41) is 4.28. The number of hydrogen-bond donors (Lipinski definition) is 1. The Morgan fingerprint density at radius 2 is 2.28 bits per heavy atom. The number of nitrogens with zero attached hydrogens (tertiary/aromatic N) is 1. The maximum Gasteiger partial charge on any atom is 0.306 e. The fraction of sp³-hybridized carbons (Fsp3) is 0.538. The molecule has 1 aromatic heterocycles. The molecule has 4 nitrogen and oxygen atoms in total. The molecular formula is C13H20N2O2S. The Labute approximate surface area is 113 Å². The van der Waals surface area contributed by atoms with Crippen molar-refractivity contribution >= 4 is 17.7 Å². The Morgan fingerprint density at radius 1 is 1.50 bits per heavy atom. The molecule has 0 amide bonds. The van der Waals surface area contributed by atoms with Gasteiger partial charge in [0.1, 0.15) is 0 Å². The number of pyridine rings is 1. The summed E-state index contributed by atoms with van der Waals surface area (Å²) < 4.78 is 4.58. The molecule has 1 N–H and O–H groups in total. The van der Waals surface area contributed by atoms with Crippen molar-refractivity contribution < 1.29 is 9.53 Å². The van der Waals surface area contributed by atoms with Crippen LogP contribution in [-0.4, -0.2) is 29.9 Å². The zero-order valence-corrected chi connectivity index (χ0v) is 11.9. The van der Waals surface area contributed by atoms with Crippen LogP contribution in [0.5, 0.6) is 0 Å². The van der Waals surface area contributed by atoms with E-state index in [0.717, 1.165) is 11.6 Å². The summed E-state index contributed by atoms with van der Waals surface area (Å²) >= 11 is 1.56. The second-order valence-electron chi connectivity index (χ2n) is 4.21. The molecular weight excluding hydrogens is 248 g/mol. The molecule has 100 valence electrons. The average molecular weight is 268 g/mol. The SMILES string of the molecule is COC(=O)CCSc1ccc(CNC(C)C)cn1. The average Bonchev–Trinajstić information content (AvgIpc) is 2.37. The Balaban J connectivity index is 2.33. The van der Waals surface area contributed by atoms with E-state index in [1.807, 2.05) is 12.3 Å². The number of ether oxygens (including phenoxy) is 1. The molecule has 0 unspecified atom stereocenters. The summed E-state index contributed by atoms with van der Waals surface area (Å²) in [5.41, 5.74) is 1.17. The molecule has 1 aromatic rings. The fourth-order valence-electron chi connectivity index (χ4n) is 1.26. The Hall–Kier alpha value is -1.07. The highest BCUT2D eigenvalue weighted by Gasteiger charge is 2.02. The highest BCUT2D eigenvalue weighted by Crippen LogP contribution is 2.16. The Kier molecular flexibility index (Phi) is 6.75. The minimum atomic E-state index is -0.180. The van der Waals surface area contributed by atoms with Crippen LogP contribution in [0.2, 0.25) is 0 Å². The van der Waals surface area contributed by atoms with Crippen LogP contribution in [0.1, 0.15) is 25.8 Å². The van der Waals surface area contributed by atoms with Gasteiger partial charge in [-0.15, -0.1) is 11.8 Å². The van der Waals surface area contributed by atoms with E-state index in [4.69, 9.17) is 0 Å². The number of nitrogens with one attached hydrogen (secondary N) is 1. The lowest BCUT2D eigenvalue weighted by atomic mass is 10.2. The Bertz CT molecular complexity index is 366. The summed E-state index contributed by atoms with van der Waals surface area (Å²) in [4.78, 5) is 15.3. The van der Waals surface area contributed by atoms with Crippen LogP contribution >= 0.6 is 11.8 Å². The highest BCUT2D eigenvalue weighted by atomic mass is 32.2. The largest absolute Gasteiger partial charge is 0.469 e. The molecule has 1 heterocycles. The van der Waals surface area contributed by atoms with Crippen molar-refractivity contribution in [1.29, 1.82) is 0 Å². The molecule has 0 aliphatic carbocycles. The van der Waals surface area contributed by atoms with Crippen LogP contribution in [0.3, 0.4) is 0 Å². The minimum absolute atomic E-state index is 0.180. The third-order valence-electron chi connectivity index (χ3n) is 2.30. The number of aromatic nitrogens is 1. The van der Waals surface area contributed by atoms with Crippen LogP contribution < -0.4 is 5.32 Å². The summed E-state index contributed by atoms with van der Waals surface area (Å²) in [6, 6.07) is 4.52. The van der Waals surface area contributed by atoms with Crippen LogP contribution in [0.4, 0.5) is 0 Å². The topological polar surface area (TPSA) is 51.2 Å². The minimum Gasteiger partial charge on any atom is -0.469 e. The van der Waals surface area contributed by atoms with E-state index in [-0.39, 0.29) is 5.97 Å². The first-order chi connectivity index (χ1) is 8.61. The summed E-state index contributed by atoms with van der Waals surface area (Å²) in [5.74, 6) is 0.517. The smallest absolute Gasteiger partial charge is 0.306 e. The van der Waals surface area contributed by atoms with E-state index in [1.165, 1.54) is 12.7 Å². The number of hydrogen-bond acceptors (Lipinski definition) is 5. The maximum atomic E-state index is 10.9. The third kappa shape index (κ3) is 6.02. The van der Waals surface area contributed by atoms with Gasteiger partial charge in [0.2, 0.25) is 0 Å². The van der Waals surface area contributed by atoms with Gasteiger partial charge in [0.05, 0.1) is 18.6 Å². The summed E-state index contributed by atoms with van der Waals surface area (Å²) in [7, 11) is 1.40. The number of esters is 1. The van der Waals surface area contributed by atoms with Gasteiger partial charge in [-0.25, -0.2) is 4.98 Å².